The molecule has 2 N–H and O–H groups in total. The quantitative estimate of drug-likeness (QED) is 0.207. The predicted molar refractivity (Wildman–Crippen MR) is 172 cm³/mol. The van der Waals surface area contributed by atoms with E-state index in [-0.39, 0.29) is 23.0 Å². The number of ether oxygens (including phenoxy) is 2. The molecule has 0 radical (unpaired) electrons. The van der Waals surface area contributed by atoms with Crippen LogP contribution in [0.25, 0.3) is 22.2 Å². The monoisotopic (exact) mass is 727 g/mol. The standard InChI is InChI=1S/C32H27BrFN3O7S2/c1-32(2)28(31(40)44-13-16-3-6-18(34)7-4-16)37-29(39)27(30(37)45-32)36-25(38)14-43-19-8-9-20-24(12-19)46(41,42)15-22-21-11-17(33)5-10-23(21)35-26(20)22/h3-12,27-28,30,35H,13-15H2,1-2H3,(H,36,38). The first kappa shape index (κ1) is 30.8. The zero-order valence-electron chi connectivity index (χ0n) is 24.5. The molecule has 4 aromatic rings. The number of nitrogens with one attached hydrogen (secondary N) is 2. The molecule has 10 nitrogen and oxygen atoms in total. The molecule has 2 saturated heterocycles. The van der Waals surface area contributed by atoms with Gasteiger partial charge in [-0.1, -0.05) is 28.1 Å². The first-order chi connectivity index (χ1) is 21.8. The Morgan fingerprint density at radius 1 is 1.13 bits per heavy atom. The van der Waals surface area contributed by atoms with Crippen LogP contribution in [-0.4, -0.2) is 64.9 Å². The molecule has 1 aromatic heterocycles. The number of sulfone groups is 1. The van der Waals surface area contributed by atoms with Crippen LogP contribution in [0.4, 0.5) is 4.39 Å². The number of thioether (sulfide) groups is 1. The summed E-state index contributed by atoms with van der Waals surface area (Å²) in [6.45, 7) is 3.15. The maximum atomic E-state index is 13.3. The normalized spacial score (nSPS) is 22.0. The smallest absolute Gasteiger partial charge is 0.330 e. The van der Waals surface area contributed by atoms with Crippen molar-refractivity contribution in [3.63, 3.8) is 0 Å². The van der Waals surface area contributed by atoms with E-state index < -0.39 is 62.2 Å². The molecule has 3 aromatic carbocycles. The number of hydrogen-bond donors (Lipinski definition) is 2. The Balaban J connectivity index is 0.996. The molecule has 7 rings (SSSR count). The predicted octanol–water partition coefficient (Wildman–Crippen LogP) is 4.69. The summed E-state index contributed by atoms with van der Waals surface area (Å²) in [5.41, 5.74) is 3.39. The number of amides is 2. The van der Waals surface area contributed by atoms with Gasteiger partial charge in [0.1, 0.15) is 35.6 Å². The zero-order valence-corrected chi connectivity index (χ0v) is 27.7. The second-order valence-electron chi connectivity index (χ2n) is 11.9. The van der Waals surface area contributed by atoms with Crippen molar-refractivity contribution in [1.82, 2.24) is 15.2 Å². The van der Waals surface area contributed by atoms with Gasteiger partial charge in [-0.05, 0) is 67.9 Å². The van der Waals surface area contributed by atoms with Gasteiger partial charge in [-0.15, -0.1) is 11.8 Å². The van der Waals surface area contributed by atoms with E-state index in [1.807, 2.05) is 32.0 Å². The summed E-state index contributed by atoms with van der Waals surface area (Å²) in [5.74, 6) is -1.94. The van der Waals surface area contributed by atoms with E-state index in [2.05, 4.69) is 26.2 Å². The Labute approximate surface area is 276 Å². The van der Waals surface area contributed by atoms with Gasteiger partial charge in [-0.25, -0.2) is 17.6 Å². The number of carbonyl (C=O) groups is 3. The molecule has 3 unspecified atom stereocenters. The van der Waals surface area contributed by atoms with Crippen LogP contribution in [0.2, 0.25) is 0 Å². The van der Waals surface area contributed by atoms with Crippen LogP contribution in [0, 0.1) is 5.82 Å². The lowest BCUT2D eigenvalue weighted by Gasteiger charge is -2.43. The minimum absolute atomic E-state index is 0.0640. The van der Waals surface area contributed by atoms with E-state index in [0.29, 0.717) is 16.7 Å². The molecule has 2 fully saturated rings. The van der Waals surface area contributed by atoms with Gasteiger partial charge in [0, 0.05) is 31.2 Å². The fraction of sp³-hybridized carbons (Fsp3) is 0.281. The fourth-order valence-corrected chi connectivity index (χ4v) is 9.85. The van der Waals surface area contributed by atoms with Crippen molar-refractivity contribution in [3.05, 3.63) is 82.1 Å². The molecule has 3 aliphatic heterocycles. The zero-order chi connectivity index (χ0) is 32.5. The van der Waals surface area contributed by atoms with Crippen molar-refractivity contribution >= 4 is 66.2 Å². The molecule has 46 heavy (non-hydrogen) atoms. The number of benzene rings is 3. The first-order valence-corrected chi connectivity index (χ1v) is 17.7. The number of aromatic nitrogens is 1. The molecule has 4 heterocycles. The molecule has 238 valence electrons. The van der Waals surface area contributed by atoms with Crippen molar-refractivity contribution in [2.45, 2.75) is 53.3 Å². The lowest BCUT2D eigenvalue weighted by Crippen LogP contribution is -2.71. The van der Waals surface area contributed by atoms with Gasteiger partial charge < -0.3 is 24.7 Å². The van der Waals surface area contributed by atoms with E-state index >= 15 is 0 Å². The Hall–Kier alpha value is -3.88. The largest absolute Gasteiger partial charge is 0.484 e. The number of carbonyl (C=O) groups excluding carboxylic acids is 3. The van der Waals surface area contributed by atoms with E-state index in [4.69, 9.17) is 9.47 Å². The Morgan fingerprint density at radius 2 is 1.89 bits per heavy atom. The number of nitrogens with zero attached hydrogens (tertiary/aromatic N) is 1. The summed E-state index contributed by atoms with van der Waals surface area (Å²) < 4.78 is 51.1. The highest BCUT2D eigenvalue weighted by Crippen LogP contribution is 2.51. The number of hydrogen-bond acceptors (Lipinski definition) is 8. The van der Waals surface area contributed by atoms with E-state index in [0.717, 1.165) is 21.1 Å². The molecule has 14 heteroatoms. The minimum atomic E-state index is -3.69. The summed E-state index contributed by atoms with van der Waals surface area (Å²) in [4.78, 5) is 43.9. The second-order valence-corrected chi connectivity index (χ2v) is 16.6. The molecule has 2 amide bonds. The van der Waals surface area contributed by atoms with Crippen LogP contribution in [0.5, 0.6) is 5.75 Å². The van der Waals surface area contributed by atoms with Crippen LogP contribution in [-0.2, 0) is 41.3 Å². The number of β-lactam (4-membered cyclic amide) rings is 1. The molecule has 0 bridgehead atoms. The van der Waals surface area contributed by atoms with Crippen molar-refractivity contribution in [3.8, 4) is 17.0 Å². The molecule has 3 aliphatic rings. The Bertz CT molecular complexity index is 2050. The minimum Gasteiger partial charge on any atom is -0.484 e. The van der Waals surface area contributed by atoms with Crippen LogP contribution < -0.4 is 10.1 Å². The van der Waals surface area contributed by atoms with Crippen LogP contribution in [0.3, 0.4) is 0 Å². The maximum absolute atomic E-state index is 13.3. The Kier molecular flexibility index (Phi) is 7.44. The van der Waals surface area contributed by atoms with Gasteiger partial charge in [0.25, 0.3) is 5.91 Å². The molecule has 0 aliphatic carbocycles. The summed E-state index contributed by atoms with van der Waals surface area (Å²) >= 11 is 4.83. The topological polar surface area (TPSA) is 135 Å². The van der Waals surface area contributed by atoms with Gasteiger partial charge in [0.15, 0.2) is 16.4 Å². The molecular weight excluding hydrogens is 701 g/mol. The van der Waals surface area contributed by atoms with E-state index in [9.17, 15) is 27.2 Å². The van der Waals surface area contributed by atoms with Crippen LogP contribution in [0.15, 0.2) is 70.0 Å². The van der Waals surface area contributed by atoms with Crippen LogP contribution in [0.1, 0.15) is 25.0 Å². The fourth-order valence-electron chi connectivity index (χ4n) is 6.23. The highest BCUT2D eigenvalue weighted by Gasteiger charge is 2.64. The molecule has 0 saturated carbocycles. The first-order valence-electron chi connectivity index (χ1n) is 14.3. The third-order valence-electron chi connectivity index (χ3n) is 8.41. The third-order valence-corrected chi connectivity index (χ3v) is 12.1. The third kappa shape index (κ3) is 5.25. The lowest BCUT2D eigenvalue weighted by atomic mass is 9.96. The van der Waals surface area contributed by atoms with Crippen molar-refractivity contribution in [2.24, 2.45) is 0 Å². The van der Waals surface area contributed by atoms with E-state index in [1.54, 1.807) is 12.1 Å². The molecule has 3 atom stereocenters. The van der Waals surface area contributed by atoms with Gasteiger partial charge in [0.05, 0.1) is 16.3 Å². The number of H-pyrrole nitrogens is 1. The lowest BCUT2D eigenvalue weighted by molar-refractivity contribution is -0.165. The molecular formula is C32H27BrFN3O7S2. The summed E-state index contributed by atoms with van der Waals surface area (Å²) in [5, 5.41) is 3.04. The average Bonchev–Trinajstić information content (AvgIpc) is 3.49. The van der Waals surface area contributed by atoms with Gasteiger partial charge >= 0.3 is 5.97 Å². The highest BCUT2D eigenvalue weighted by molar-refractivity contribution is 9.10. The highest BCUT2D eigenvalue weighted by atomic mass is 79.9. The van der Waals surface area contributed by atoms with E-state index in [1.165, 1.54) is 47.0 Å². The van der Waals surface area contributed by atoms with Gasteiger partial charge in [0.2, 0.25) is 5.91 Å². The number of aromatic amines is 1. The van der Waals surface area contributed by atoms with Crippen molar-refractivity contribution < 1.29 is 36.7 Å². The maximum Gasteiger partial charge on any atom is 0.330 e. The summed E-state index contributed by atoms with van der Waals surface area (Å²) in [6, 6.07) is 14.2. The summed E-state index contributed by atoms with van der Waals surface area (Å²) in [7, 11) is -3.69. The van der Waals surface area contributed by atoms with Crippen molar-refractivity contribution in [2.75, 3.05) is 6.61 Å². The van der Waals surface area contributed by atoms with Gasteiger partial charge in [-0.2, -0.15) is 0 Å². The Morgan fingerprint density at radius 3 is 2.65 bits per heavy atom. The second kappa shape index (κ2) is 11.1. The van der Waals surface area contributed by atoms with Gasteiger partial charge in [-0.3, -0.25) is 9.59 Å². The number of halogens is 2. The number of rotatable bonds is 7. The molecule has 0 spiro atoms. The SMILES string of the molecule is CC1(C)SC2C(NC(=O)COc3ccc4c(c3)S(=O)(=O)Cc3c-4[nH]c4ccc(Br)cc34)C(=O)N2C1C(=O)OCc1ccc(F)cc1. The van der Waals surface area contributed by atoms with Crippen molar-refractivity contribution in [1.29, 1.82) is 0 Å². The average molecular weight is 729 g/mol. The number of esters is 1. The summed E-state index contributed by atoms with van der Waals surface area (Å²) in [6.07, 6.45) is 0. The number of fused-ring (bicyclic) bond motifs is 6. The van der Waals surface area contributed by atoms with Crippen LogP contribution >= 0.6 is 27.7 Å².